The molecule has 0 unspecified atom stereocenters. The Morgan fingerprint density at radius 2 is 1.84 bits per heavy atom. The van der Waals surface area contributed by atoms with Crippen LogP contribution in [0.1, 0.15) is 11.1 Å². The predicted octanol–water partition coefficient (Wildman–Crippen LogP) is 2.84. The molecule has 0 radical (unpaired) electrons. The quantitative estimate of drug-likeness (QED) is 0.447. The van der Waals surface area contributed by atoms with Gasteiger partial charge in [0.1, 0.15) is 5.75 Å². The number of ether oxygens (including phenoxy) is 1. The lowest BCUT2D eigenvalue weighted by molar-refractivity contribution is -0.113. The molecule has 0 atom stereocenters. The van der Waals surface area contributed by atoms with Crippen molar-refractivity contribution in [1.29, 1.82) is 0 Å². The van der Waals surface area contributed by atoms with Crippen LogP contribution in [-0.4, -0.2) is 43.6 Å². The van der Waals surface area contributed by atoms with E-state index in [9.17, 15) is 9.59 Å². The highest BCUT2D eigenvalue weighted by atomic mass is 32.2. The Morgan fingerprint density at radius 1 is 1.13 bits per heavy atom. The Kier molecular flexibility index (Phi) is 5.72. The van der Waals surface area contributed by atoms with Crippen LogP contribution in [0.2, 0.25) is 0 Å². The third-order valence-corrected chi connectivity index (χ3v) is 5.61. The summed E-state index contributed by atoms with van der Waals surface area (Å²) in [7, 11) is 1.57. The number of aromatic nitrogens is 5. The van der Waals surface area contributed by atoms with Crippen molar-refractivity contribution in [2.45, 2.75) is 19.0 Å². The van der Waals surface area contributed by atoms with E-state index < -0.39 is 0 Å². The molecule has 31 heavy (non-hydrogen) atoms. The first-order chi connectivity index (χ1) is 15.0. The van der Waals surface area contributed by atoms with E-state index in [1.807, 2.05) is 32.0 Å². The lowest BCUT2D eigenvalue weighted by Crippen LogP contribution is -2.17. The normalized spacial score (nSPS) is 10.9. The van der Waals surface area contributed by atoms with Crippen LogP contribution in [0.4, 0.5) is 5.69 Å². The third-order valence-electron chi connectivity index (χ3n) is 4.69. The molecule has 4 aromatic rings. The molecule has 158 valence electrons. The van der Waals surface area contributed by atoms with Crippen molar-refractivity contribution < 1.29 is 9.53 Å². The summed E-state index contributed by atoms with van der Waals surface area (Å²) in [5, 5.41) is 15.8. The Morgan fingerprint density at radius 3 is 2.52 bits per heavy atom. The van der Waals surface area contributed by atoms with Crippen LogP contribution >= 0.6 is 11.8 Å². The van der Waals surface area contributed by atoms with E-state index in [4.69, 9.17) is 4.74 Å². The number of H-pyrrole nitrogens is 1. The summed E-state index contributed by atoms with van der Waals surface area (Å²) in [5.74, 6) is 0.836. The number of methoxy groups -OCH3 is 1. The Hall–Kier alpha value is -3.66. The van der Waals surface area contributed by atoms with Gasteiger partial charge in [0.25, 0.3) is 11.3 Å². The average molecular weight is 436 g/mol. The summed E-state index contributed by atoms with van der Waals surface area (Å²) < 4.78 is 6.58. The fourth-order valence-electron chi connectivity index (χ4n) is 3.08. The molecule has 4 rings (SSSR count). The van der Waals surface area contributed by atoms with Crippen LogP contribution in [0.5, 0.6) is 5.75 Å². The summed E-state index contributed by atoms with van der Waals surface area (Å²) >= 11 is 1.18. The molecular formula is C21H20N6O3S. The molecule has 2 heterocycles. The van der Waals surface area contributed by atoms with Crippen LogP contribution < -0.4 is 15.6 Å². The fraction of sp³-hybridized carbons (Fsp3) is 0.190. The lowest BCUT2D eigenvalue weighted by Gasteiger charge is -2.10. The van der Waals surface area contributed by atoms with Gasteiger partial charge in [-0.05, 0) is 49.2 Å². The van der Waals surface area contributed by atoms with Crippen LogP contribution in [0, 0.1) is 13.8 Å². The number of carbonyl (C=O) groups is 1. The molecule has 0 aliphatic heterocycles. The molecule has 0 saturated heterocycles. The first kappa shape index (κ1) is 20.6. The molecule has 10 heteroatoms. The maximum absolute atomic E-state index is 12.5. The largest absolute Gasteiger partial charge is 0.497 e. The van der Waals surface area contributed by atoms with Gasteiger partial charge in [0.2, 0.25) is 11.1 Å². The second-order valence-electron chi connectivity index (χ2n) is 6.85. The first-order valence-electron chi connectivity index (χ1n) is 9.45. The SMILES string of the molecule is COc1ccc(-c2nn3c(SCC(=O)Nc4c(C)cccc4C)nnc3[nH]c2=O)cc1. The monoisotopic (exact) mass is 436 g/mol. The van der Waals surface area contributed by atoms with Gasteiger partial charge in [-0.1, -0.05) is 30.0 Å². The maximum Gasteiger partial charge on any atom is 0.279 e. The van der Waals surface area contributed by atoms with E-state index in [2.05, 4.69) is 25.6 Å². The Balaban J connectivity index is 1.55. The summed E-state index contributed by atoms with van der Waals surface area (Å²) in [6.07, 6.45) is 0. The number of aromatic amines is 1. The molecule has 0 aliphatic carbocycles. The van der Waals surface area contributed by atoms with Gasteiger partial charge in [0.15, 0.2) is 5.69 Å². The number of nitrogens with one attached hydrogen (secondary N) is 2. The minimum atomic E-state index is -0.380. The van der Waals surface area contributed by atoms with E-state index in [1.54, 1.807) is 31.4 Å². The van der Waals surface area contributed by atoms with Crippen LogP contribution in [0.25, 0.3) is 17.0 Å². The Labute approximate surface area is 181 Å². The zero-order valence-corrected chi connectivity index (χ0v) is 18.0. The van der Waals surface area contributed by atoms with Crippen molar-refractivity contribution in [3.05, 3.63) is 63.9 Å². The highest BCUT2D eigenvalue weighted by Gasteiger charge is 2.15. The van der Waals surface area contributed by atoms with E-state index in [0.717, 1.165) is 16.8 Å². The van der Waals surface area contributed by atoms with Gasteiger partial charge >= 0.3 is 0 Å². The number of hydrogen-bond acceptors (Lipinski definition) is 7. The van der Waals surface area contributed by atoms with Crippen molar-refractivity contribution in [2.75, 3.05) is 18.2 Å². The summed E-state index contributed by atoms with van der Waals surface area (Å²) in [6, 6.07) is 12.8. The smallest absolute Gasteiger partial charge is 0.279 e. The number of thioether (sulfide) groups is 1. The lowest BCUT2D eigenvalue weighted by atomic mass is 10.1. The molecule has 0 fully saturated rings. The number of nitrogens with zero attached hydrogens (tertiary/aromatic N) is 4. The van der Waals surface area contributed by atoms with Crippen molar-refractivity contribution >= 4 is 29.1 Å². The van der Waals surface area contributed by atoms with E-state index in [-0.39, 0.29) is 28.7 Å². The molecule has 1 amide bonds. The second kappa shape index (κ2) is 8.60. The van der Waals surface area contributed by atoms with Crippen molar-refractivity contribution in [1.82, 2.24) is 24.8 Å². The molecule has 2 aromatic heterocycles. The number of benzene rings is 2. The van der Waals surface area contributed by atoms with Gasteiger partial charge in [-0.15, -0.1) is 10.2 Å². The number of hydrogen-bond donors (Lipinski definition) is 2. The van der Waals surface area contributed by atoms with Crippen LogP contribution in [0.3, 0.4) is 0 Å². The molecule has 9 nitrogen and oxygen atoms in total. The summed E-state index contributed by atoms with van der Waals surface area (Å²) in [6.45, 7) is 3.89. The molecule has 0 aliphatic rings. The highest BCUT2D eigenvalue weighted by molar-refractivity contribution is 7.99. The number of anilines is 1. The molecule has 0 spiro atoms. The minimum Gasteiger partial charge on any atom is -0.497 e. The van der Waals surface area contributed by atoms with Crippen molar-refractivity contribution in [2.24, 2.45) is 0 Å². The number of rotatable bonds is 6. The number of aryl methyl sites for hydroxylation is 2. The van der Waals surface area contributed by atoms with Crippen LogP contribution in [0.15, 0.2) is 52.4 Å². The van der Waals surface area contributed by atoms with Gasteiger partial charge in [-0.2, -0.15) is 9.61 Å². The topological polar surface area (TPSA) is 114 Å². The van der Waals surface area contributed by atoms with Gasteiger partial charge < -0.3 is 10.1 Å². The van der Waals surface area contributed by atoms with Gasteiger partial charge in [0.05, 0.1) is 12.9 Å². The van der Waals surface area contributed by atoms with Crippen molar-refractivity contribution in [3.8, 4) is 17.0 Å². The predicted molar refractivity (Wildman–Crippen MR) is 119 cm³/mol. The van der Waals surface area contributed by atoms with E-state index in [0.29, 0.717) is 16.5 Å². The Bertz CT molecular complexity index is 1290. The third kappa shape index (κ3) is 4.29. The fourth-order valence-corrected chi connectivity index (χ4v) is 3.77. The van der Waals surface area contributed by atoms with E-state index in [1.165, 1.54) is 16.3 Å². The zero-order valence-electron chi connectivity index (χ0n) is 17.2. The molecule has 2 aromatic carbocycles. The number of para-hydroxylation sites is 1. The number of carbonyl (C=O) groups excluding carboxylic acids is 1. The molecule has 0 saturated carbocycles. The highest BCUT2D eigenvalue weighted by Crippen LogP contribution is 2.22. The zero-order chi connectivity index (χ0) is 22.0. The number of fused-ring (bicyclic) bond motifs is 1. The van der Waals surface area contributed by atoms with Gasteiger partial charge in [-0.25, -0.2) is 0 Å². The summed E-state index contributed by atoms with van der Waals surface area (Å²) in [4.78, 5) is 27.6. The molecule has 2 N–H and O–H groups in total. The van der Waals surface area contributed by atoms with Gasteiger partial charge in [0, 0.05) is 11.3 Å². The van der Waals surface area contributed by atoms with Crippen molar-refractivity contribution in [3.63, 3.8) is 0 Å². The number of amides is 1. The van der Waals surface area contributed by atoms with E-state index >= 15 is 0 Å². The maximum atomic E-state index is 12.5. The molecule has 0 bridgehead atoms. The molecular weight excluding hydrogens is 416 g/mol. The average Bonchev–Trinajstić information content (AvgIpc) is 3.16. The standard InChI is InChI=1S/C21H20N6O3S/c1-12-5-4-6-13(2)17(12)22-16(28)11-31-21-25-24-20-23-19(29)18(26-27(20)21)14-7-9-15(30-3)10-8-14/h4-10H,11H2,1-3H3,(H,22,28)(H,23,24,29). The van der Waals surface area contributed by atoms with Gasteiger partial charge in [-0.3, -0.25) is 14.6 Å². The minimum absolute atomic E-state index is 0.118. The second-order valence-corrected chi connectivity index (χ2v) is 7.80. The van der Waals surface area contributed by atoms with Crippen LogP contribution in [-0.2, 0) is 4.79 Å². The first-order valence-corrected chi connectivity index (χ1v) is 10.4. The summed E-state index contributed by atoms with van der Waals surface area (Å²) in [5.41, 5.74) is 3.26.